The molecule has 21 heavy (non-hydrogen) atoms. The first-order valence-corrected chi connectivity index (χ1v) is 8.05. The highest BCUT2D eigenvalue weighted by Crippen LogP contribution is 2.35. The van der Waals surface area contributed by atoms with Crippen LogP contribution in [0.4, 0.5) is 0 Å². The predicted octanol–water partition coefficient (Wildman–Crippen LogP) is 4.30. The van der Waals surface area contributed by atoms with Gasteiger partial charge in [-0.2, -0.15) is 0 Å². The Labute approximate surface area is 133 Å². The number of ether oxygens (including phenoxy) is 1. The minimum atomic E-state index is -0.240. The van der Waals surface area contributed by atoms with E-state index in [0.29, 0.717) is 6.42 Å². The Morgan fingerprint density at radius 2 is 2.19 bits per heavy atom. The summed E-state index contributed by atoms with van der Waals surface area (Å²) in [5.41, 5.74) is 5.44. The molecular formula is C18H17BrO2. The molecule has 0 N–H and O–H groups in total. The first kappa shape index (κ1) is 14.3. The number of alkyl halides is 1. The Hall–Kier alpha value is -1.61. The summed E-state index contributed by atoms with van der Waals surface area (Å²) in [7, 11) is 1.44. The Morgan fingerprint density at radius 1 is 1.33 bits per heavy atom. The molecule has 2 aliphatic rings. The maximum Gasteiger partial charge on any atom is 0.334 e. The van der Waals surface area contributed by atoms with E-state index < -0.39 is 0 Å². The maximum absolute atomic E-state index is 12.1. The first-order chi connectivity index (χ1) is 10.2. The van der Waals surface area contributed by atoms with Gasteiger partial charge >= 0.3 is 5.97 Å². The number of allylic oxidation sites excluding steroid dienone is 4. The number of carbonyl (C=O) groups excluding carboxylic acids is 1. The zero-order valence-electron chi connectivity index (χ0n) is 11.9. The molecule has 0 saturated carbocycles. The molecule has 2 nitrogen and oxygen atoms in total. The summed E-state index contributed by atoms with van der Waals surface area (Å²) < 4.78 is 4.96. The fourth-order valence-electron chi connectivity index (χ4n) is 2.95. The molecule has 0 radical (unpaired) electrons. The van der Waals surface area contributed by atoms with Gasteiger partial charge in [-0.3, -0.25) is 0 Å². The smallest absolute Gasteiger partial charge is 0.334 e. The van der Waals surface area contributed by atoms with Gasteiger partial charge in [0, 0.05) is 10.4 Å². The van der Waals surface area contributed by atoms with Crippen molar-refractivity contribution >= 4 is 33.5 Å². The number of carbonyl (C=O) groups is 1. The van der Waals surface area contributed by atoms with E-state index in [0.717, 1.165) is 29.6 Å². The molecular weight excluding hydrogens is 328 g/mol. The third kappa shape index (κ3) is 2.75. The fraction of sp³-hybridized carbons (Fsp3) is 0.278. The molecule has 1 aromatic carbocycles. The van der Waals surface area contributed by atoms with Crippen molar-refractivity contribution in [2.75, 3.05) is 7.11 Å². The number of halogens is 1. The number of rotatable bonds is 2. The van der Waals surface area contributed by atoms with Crippen LogP contribution in [0.1, 0.15) is 29.5 Å². The lowest BCUT2D eigenvalue weighted by Gasteiger charge is -2.21. The first-order valence-electron chi connectivity index (χ1n) is 7.13. The van der Waals surface area contributed by atoms with Gasteiger partial charge in [0.25, 0.3) is 0 Å². The zero-order chi connectivity index (χ0) is 14.8. The van der Waals surface area contributed by atoms with Crippen molar-refractivity contribution in [2.45, 2.75) is 24.1 Å². The SMILES string of the molecule is COC(=O)C1=C(c2cccc3c2C=CCC3)C=CC(Br)C1. The highest BCUT2D eigenvalue weighted by Gasteiger charge is 2.23. The molecule has 1 aromatic rings. The van der Waals surface area contributed by atoms with Crippen LogP contribution in [-0.2, 0) is 16.0 Å². The van der Waals surface area contributed by atoms with Crippen LogP contribution in [0.15, 0.2) is 42.0 Å². The second-order valence-electron chi connectivity index (χ2n) is 5.28. The van der Waals surface area contributed by atoms with Gasteiger partial charge in [0.05, 0.1) is 7.11 Å². The lowest BCUT2D eigenvalue weighted by molar-refractivity contribution is -0.136. The van der Waals surface area contributed by atoms with Crippen molar-refractivity contribution in [1.29, 1.82) is 0 Å². The van der Waals surface area contributed by atoms with Gasteiger partial charge in [-0.25, -0.2) is 4.79 Å². The zero-order valence-corrected chi connectivity index (χ0v) is 13.5. The van der Waals surface area contributed by atoms with Crippen LogP contribution in [0.2, 0.25) is 0 Å². The van der Waals surface area contributed by atoms with Crippen LogP contribution in [0.25, 0.3) is 11.6 Å². The van der Waals surface area contributed by atoms with Gasteiger partial charge in [-0.15, -0.1) is 0 Å². The summed E-state index contributed by atoms with van der Waals surface area (Å²) in [5.74, 6) is -0.240. The van der Waals surface area contributed by atoms with Crippen molar-refractivity contribution in [3.63, 3.8) is 0 Å². The summed E-state index contributed by atoms with van der Waals surface area (Å²) in [5, 5.41) is 0. The summed E-state index contributed by atoms with van der Waals surface area (Å²) in [6, 6.07) is 6.33. The van der Waals surface area contributed by atoms with E-state index in [4.69, 9.17) is 4.74 Å². The normalized spacial score (nSPS) is 20.4. The third-order valence-electron chi connectivity index (χ3n) is 3.98. The van der Waals surface area contributed by atoms with Crippen LogP contribution in [0.3, 0.4) is 0 Å². The molecule has 0 aromatic heterocycles. The molecule has 0 heterocycles. The largest absolute Gasteiger partial charge is 0.466 e. The van der Waals surface area contributed by atoms with E-state index in [1.807, 2.05) is 6.08 Å². The number of methoxy groups -OCH3 is 1. The van der Waals surface area contributed by atoms with Crippen LogP contribution in [-0.4, -0.2) is 17.9 Å². The minimum absolute atomic E-state index is 0.186. The Kier molecular flexibility index (Phi) is 4.11. The third-order valence-corrected chi connectivity index (χ3v) is 4.61. The molecule has 3 heteroatoms. The molecule has 0 spiro atoms. The van der Waals surface area contributed by atoms with E-state index in [-0.39, 0.29) is 10.8 Å². The second-order valence-corrected chi connectivity index (χ2v) is 6.46. The average Bonchev–Trinajstić information content (AvgIpc) is 2.53. The van der Waals surface area contributed by atoms with Gasteiger partial charge < -0.3 is 4.74 Å². The Bertz CT molecular complexity index is 668. The van der Waals surface area contributed by atoms with Crippen molar-refractivity contribution in [2.24, 2.45) is 0 Å². The minimum Gasteiger partial charge on any atom is -0.466 e. The molecule has 108 valence electrons. The van der Waals surface area contributed by atoms with Crippen LogP contribution < -0.4 is 0 Å². The lowest BCUT2D eigenvalue weighted by Crippen LogP contribution is -2.14. The summed E-state index contributed by atoms with van der Waals surface area (Å²) >= 11 is 3.56. The van der Waals surface area contributed by atoms with Crippen molar-refractivity contribution in [1.82, 2.24) is 0 Å². The van der Waals surface area contributed by atoms with Gasteiger partial charge in [-0.05, 0) is 41.5 Å². The highest BCUT2D eigenvalue weighted by molar-refractivity contribution is 9.09. The highest BCUT2D eigenvalue weighted by atomic mass is 79.9. The summed E-state index contributed by atoms with van der Waals surface area (Å²) in [4.78, 5) is 12.3. The van der Waals surface area contributed by atoms with Gasteiger partial charge in [0.15, 0.2) is 0 Å². The fourth-order valence-corrected chi connectivity index (χ4v) is 3.42. The Balaban J connectivity index is 2.16. The lowest BCUT2D eigenvalue weighted by atomic mass is 9.85. The number of aryl methyl sites for hydroxylation is 1. The average molecular weight is 345 g/mol. The quantitative estimate of drug-likeness (QED) is 0.590. The molecule has 0 bridgehead atoms. The van der Waals surface area contributed by atoms with Crippen LogP contribution in [0, 0.1) is 0 Å². The number of fused-ring (bicyclic) bond motifs is 1. The maximum atomic E-state index is 12.1. The number of esters is 1. The van der Waals surface area contributed by atoms with Gasteiger partial charge in [-0.1, -0.05) is 58.4 Å². The van der Waals surface area contributed by atoms with Gasteiger partial charge in [0.2, 0.25) is 0 Å². The van der Waals surface area contributed by atoms with E-state index >= 15 is 0 Å². The molecule has 0 aliphatic heterocycles. The summed E-state index contributed by atoms with van der Waals surface area (Å²) in [6.07, 6.45) is 11.3. The van der Waals surface area contributed by atoms with E-state index in [9.17, 15) is 4.79 Å². The van der Waals surface area contributed by atoms with Crippen molar-refractivity contribution in [3.05, 3.63) is 58.7 Å². The molecule has 0 saturated heterocycles. The molecule has 0 amide bonds. The van der Waals surface area contributed by atoms with Crippen LogP contribution >= 0.6 is 15.9 Å². The monoisotopic (exact) mass is 344 g/mol. The molecule has 0 fully saturated rings. The van der Waals surface area contributed by atoms with E-state index in [2.05, 4.69) is 52.4 Å². The topological polar surface area (TPSA) is 26.3 Å². The van der Waals surface area contributed by atoms with E-state index in [1.165, 1.54) is 18.2 Å². The Morgan fingerprint density at radius 3 is 3.00 bits per heavy atom. The standard InChI is InChI=1S/C18H17BrO2/c1-21-18(20)17-11-13(19)9-10-16(17)15-8-4-6-12-5-2-3-7-14(12)15/h3-4,6-10,13H,2,5,11H2,1H3. The van der Waals surface area contributed by atoms with Crippen LogP contribution in [0.5, 0.6) is 0 Å². The summed E-state index contributed by atoms with van der Waals surface area (Å²) in [6.45, 7) is 0. The number of benzene rings is 1. The van der Waals surface area contributed by atoms with Crippen molar-refractivity contribution in [3.8, 4) is 0 Å². The van der Waals surface area contributed by atoms with Gasteiger partial charge in [0.1, 0.15) is 0 Å². The van der Waals surface area contributed by atoms with Crippen molar-refractivity contribution < 1.29 is 9.53 Å². The predicted molar refractivity (Wildman–Crippen MR) is 89.2 cm³/mol. The molecule has 3 rings (SSSR count). The number of hydrogen-bond donors (Lipinski definition) is 0. The number of hydrogen-bond acceptors (Lipinski definition) is 2. The van der Waals surface area contributed by atoms with E-state index in [1.54, 1.807) is 0 Å². The molecule has 1 atom stereocenters. The molecule has 1 unspecified atom stereocenters. The molecule has 2 aliphatic carbocycles. The second kappa shape index (κ2) is 6.02.